The summed E-state index contributed by atoms with van der Waals surface area (Å²) in [4.78, 5) is 14.4. The van der Waals surface area contributed by atoms with Crippen molar-refractivity contribution in [1.29, 1.82) is 0 Å². The normalized spacial score (nSPS) is 41.0. The van der Waals surface area contributed by atoms with Crippen molar-refractivity contribution in [3.8, 4) is 0 Å². The van der Waals surface area contributed by atoms with E-state index in [1.165, 1.54) is 38.6 Å². The fraction of sp³-hybridized carbons (Fsp3) is 0.929. The molecule has 1 N–H and O–H groups in total. The monoisotopic (exact) mass is 236 g/mol. The second kappa shape index (κ2) is 4.60. The van der Waals surface area contributed by atoms with Gasteiger partial charge in [-0.15, -0.1) is 0 Å². The first-order valence-corrected chi connectivity index (χ1v) is 7.18. The van der Waals surface area contributed by atoms with Gasteiger partial charge in [-0.3, -0.25) is 4.79 Å². The Kier molecular flexibility index (Phi) is 3.12. The van der Waals surface area contributed by atoms with Gasteiger partial charge >= 0.3 is 0 Å². The lowest BCUT2D eigenvalue weighted by atomic mass is 9.97. The fourth-order valence-corrected chi connectivity index (χ4v) is 3.76. The van der Waals surface area contributed by atoms with Crippen molar-refractivity contribution in [3.63, 3.8) is 0 Å². The molecule has 96 valence electrons. The summed E-state index contributed by atoms with van der Waals surface area (Å²) < 4.78 is 0. The molecular weight excluding hydrogens is 212 g/mol. The first kappa shape index (κ1) is 11.5. The summed E-state index contributed by atoms with van der Waals surface area (Å²) >= 11 is 0. The van der Waals surface area contributed by atoms with Crippen LogP contribution in [0.5, 0.6) is 0 Å². The van der Waals surface area contributed by atoms with E-state index in [1.54, 1.807) is 0 Å². The lowest BCUT2D eigenvalue weighted by Crippen LogP contribution is -2.40. The predicted molar refractivity (Wildman–Crippen MR) is 67.6 cm³/mol. The molecule has 3 nitrogen and oxygen atoms in total. The fourth-order valence-electron chi connectivity index (χ4n) is 3.76. The lowest BCUT2D eigenvalue weighted by Gasteiger charge is -2.30. The van der Waals surface area contributed by atoms with E-state index in [9.17, 15) is 4.79 Å². The van der Waals surface area contributed by atoms with Gasteiger partial charge in [0.25, 0.3) is 0 Å². The molecule has 1 amide bonds. The van der Waals surface area contributed by atoms with Crippen LogP contribution < -0.4 is 5.32 Å². The number of likely N-dealkylation sites (tertiary alicyclic amines) is 1. The molecule has 17 heavy (non-hydrogen) atoms. The van der Waals surface area contributed by atoms with Gasteiger partial charge in [0.1, 0.15) is 0 Å². The van der Waals surface area contributed by atoms with E-state index in [1.807, 2.05) is 0 Å². The zero-order valence-electron chi connectivity index (χ0n) is 10.8. The van der Waals surface area contributed by atoms with Gasteiger partial charge in [-0.25, -0.2) is 0 Å². The third-order valence-corrected chi connectivity index (χ3v) is 4.90. The van der Waals surface area contributed by atoms with Gasteiger partial charge in [0.15, 0.2) is 0 Å². The maximum absolute atomic E-state index is 12.0. The highest BCUT2D eigenvalue weighted by Crippen LogP contribution is 2.54. The summed E-state index contributed by atoms with van der Waals surface area (Å²) in [5.74, 6) is 3.18. The van der Waals surface area contributed by atoms with E-state index in [0.717, 1.165) is 24.9 Å². The molecule has 2 saturated carbocycles. The average Bonchev–Trinajstić information content (AvgIpc) is 2.93. The summed E-state index contributed by atoms with van der Waals surface area (Å²) in [6.45, 7) is 3.27. The summed E-state index contributed by atoms with van der Waals surface area (Å²) in [6, 6.07) is 0. The number of nitrogens with zero attached hydrogens (tertiary/aromatic N) is 1. The van der Waals surface area contributed by atoms with Crippen LogP contribution in [-0.4, -0.2) is 37.5 Å². The molecule has 0 bridgehead atoms. The van der Waals surface area contributed by atoms with Crippen molar-refractivity contribution >= 4 is 5.91 Å². The molecule has 1 aliphatic heterocycles. The van der Waals surface area contributed by atoms with Crippen LogP contribution in [0.1, 0.15) is 32.1 Å². The number of carbonyl (C=O) groups is 1. The number of hydrogen-bond donors (Lipinski definition) is 1. The molecule has 3 atom stereocenters. The van der Waals surface area contributed by atoms with Crippen molar-refractivity contribution in [2.75, 3.05) is 26.7 Å². The summed E-state index contributed by atoms with van der Waals surface area (Å²) in [7, 11) is 2.18. The van der Waals surface area contributed by atoms with Crippen LogP contribution >= 0.6 is 0 Å². The molecule has 0 aromatic rings. The molecule has 0 aromatic carbocycles. The first-order chi connectivity index (χ1) is 8.22. The molecule has 3 unspecified atom stereocenters. The number of amides is 1. The minimum atomic E-state index is 0.338. The second-order valence-corrected chi connectivity index (χ2v) is 6.44. The van der Waals surface area contributed by atoms with Crippen molar-refractivity contribution in [1.82, 2.24) is 10.2 Å². The Bertz CT molecular complexity index is 295. The van der Waals surface area contributed by atoms with Gasteiger partial charge in [0.2, 0.25) is 5.91 Å². The number of fused-ring (bicyclic) bond motifs is 1. The molecule has 0 aromatic heterocycles. The maximum Gasteiger partial charge on any atom is 0.223 e. The molecule has 2 aliphatic carbocycles. The van der Waals surface area contributed by atoms with Gasteiger partial charge in [0, 0.05) is 19.0 Å². The molecule has 1 heterocycles. The molecule has 3 heteroatoms. The summed E-state index contributed by atoms with van der Waals surface area (Å²) in [5, 5.41) is 3.19. The lowest BCUT2D eigenvalue weighted by molar-refractivity contribution is -0.125. The highest BCUT2D eigenvalue weighted by molar-refractivity contribution is 5.79. The Balaban J connectivity index is 1.39. The third kappa shape index (κ3) is 2.65. The van der Waals surface area contributed by atoms with Crippen LogP contribution in [0.15, 0.2) is 0 Å². The van der Waals surface area contributed by atoms with Crippen molar-refractivity contribution in [2.24, 2.45) is 23.7 Å². The quantitative estimate of drug-likeness (QED) is 0.805. The van der Waals surface area contributed by atoms with Crippen molar-refractivity contribution in [3.05, 3.63) is 0 Å². The molecule has 1 saturated heterocycles. The zero-order chi connectivity index (χ0) is 11.8. The van der Waals surface area contributed by atoms with E-state index in [4.69, 9.17) is 0 Å². The standard InChI is InChI=1S/C14H24N2O/c1-16-4-2-3-10(9-16)8-15-14(17)13-6-11-5-12(11)7-13/h10-13H,2-9H2,1H3,(H,15,17). The van der Waals surface area contributed by atoms with Crippen LogP contribution in [0.4, 0.5) is 0 Å². The van der Waals surface area contributed by atoms with Gasteiger partial charge in [-0.2, -0.15) is 0 Å². The Morgan fingerprint density at radius 2 is 2.06 bits per heavy atom. The Morgan fingerprint density at radius 1 is 1.29 bits per heavy atom. The largest absolute Gasteiger partial charge is 0.356 e. The number of hydrogen-bond acceptors (Lipinski definition) is 2. The second-order valence-electron chi connectivity index (χ2n) is 6.44. The number of carbonyl (C=O) groups excluding carboxylic acids is 1. The van der Waals surface area contributed by atoms with E-state index in [0.29, 0.717) is 17.7 Å². The molecule has 3 rings (SSSR count). The van der Waals surface area contributed by atoms with Gasteiger partial charge in [-0.05, 0) is 63.5 Å². The minimum absolute atomic E-state index is 0.338. The van der Waals surface area contributed by atoms with Crippen LogP contribution in [0.25, 0.3) is 0 Å². The van der Waals surface area contributed by atoms with Crippen molar-refractivity contribution in [2.45, 2.75) is 32.1 Å². The van der Waals surface area contributed by atoms with Crippen LogP contribution in [-0.2, 0) is 4.79 Å². The van der Waals surface area contributed by atoms with E-state index in [2.05, 4.69) is 17.3 Å². The van der Waals surface area contributed by atoms with E-state index in [-0.39, 0.29) is 0 Å². The highest BCUT2D eigenvalue weighted by Gasteiger charge is 2.47. The Labute approximate surface area is 104 Å². The Hall–Kier alpha value is -0.570. The zero-order valence-corrected chi connectivity index (χ0v) is 10.8. The highest BCUT2D eigenvalue weighted by atomic mass is 16.1. The molecule has 0 spiro atoms. The van der Waals surface area contributed by atoms with Gasteiger partial charge in [-0.1, -0.05) is 0 Å². The molecule has 0 radical (unpaired) electrons. The average molecular weight is 236 g/mol. The topological polar surface area (TPSA) is 32.3 Å². The first-order valence-electron chi connectivity index (χ1n) is 7.18. The summed E-state index contributed by atoms with van der Waals surface area (Å²) in [6.07, 6.45) is 6.30. The Morgan fingerprint density at radius 3 is 2.76 bits per heavy atom. The molecular formula is C14H24N2O. The smallest absolute Gasteiger partial charge is 0.223 e. The van der Waals surface area contributed by atoms with E-state index < -0.39 is 0 Å². The van der Waals surface area contributed by atoms with Crippen molar-refractivity contribution < 1.29 is 4.79 Å². The number of piperidine rings is 1. The van der Waals surface area contributed by atoms with Crippen LogP contribution in [0.2, 0.25) is 0 Å². The van der Waals surface area contributed by atoms with E-state index >= 15 is 0 Å². The number of nitrogens with one attached hydrogen (secondary N) is 1. The number of rotatable bonds is 3. The third-order valence-electron chi connectivity index (χ3n) is 4.90. The van der Waals surface area contributed by atoms with Gasteiger partial charge in [0.05, 0.1) is 0 Å². The van der Waals surface area contributed by atoms with Crippen LogP contribution in [0, 0.1) is 23.7 Å². The van der Waals surface area contributed by atoms with Gasteiger partial charge < -0.3 is 10.2 Å². The predicted octanol–water partition coefficient (Wildman–Crippen LogP) is 1.49. The maximum atomic E-state index is 12.0. The summed E-state index contributed by atoms with van der Waals surface area (Å²) in [5.41, 5.74) is 0. The SMILES string of the molecule is CN1CCCC(CNC(=O)C2CC3CC3C2)C1. The molecule has 3 fully saturated rings. The molecule has 3 aliphatic rings. The van der Waals surface area contributed by atoms with Crippen LogP contribution in [0.3, 0.4) is 0 Å². The minimum Gasteiger partial charge on any atom is -0.356 e.